The lowest BCUT2D eigenvalue weighted by Crippen LogP contribution is -2.29. The molecular weight excluding hydrogens is 1560 g/mol. The number of halogens is 11. The molecular formula is C73H39Br6F5N8. The lowest BCUT2D eigenvalue weighted by Gasteiger charge is -2.33. The summed E-state index contributed by atoms with van der Waals surface area (Å²) >= 11 is 20.8. The summed E-state index contributed by atoms with van der Waals surface area (Å²) in [6.45, 7) is 9.33. The zero-order valence-electron chi connectivity index (χ0n) is 47.5. The average Bonchev–Trinajstić information content (AvgIpc) is 1.55. The van der Waals surface area contributed by atoms with Crippen molar-refractivity contribution in [3.63, 3.8) is 0 Å². The summed E-state index contributed by atoms with van der Waals surface area (Å²) in [5.74, 6) is -0.631. The van der Waals surface area contributed by atoms with Crippen molar-refractivity contribution in [3.8, 4) is 40.2 Å². The minimum absolute atomic E-state index is 0.315. The van der Waals surface area contributed by atoms with E-state index in [-0.39, 0.29) is 11.6 Å². The second-order valence-corrected chi connectivity index (χ2v) is 26.6. The SMILES string of the molecule is Cc1ccc(C2(c3ccc(C(F)(F)F)cc3)c3ccc(Br)nc3-c3nc(Br)ccc32)cc1.Fc1ccc(C2(c3ccc(F)cc3)c3ccc(Br)nc3-c3nc(Br)ccc32)cc1.[C-]#[N+]c1ccc(C2(c3ccc(C#N)cc3)c3ccc(Br)nc3-c3nc(Br)ccc32)cc1. The van der Waals surface area contributed by atoms with E-state index in [1.54, 1.807) is 36.4 Å². The number of nitriles is 1. The van der Waals surface area contributed by atoms with Gasteiger partial charge in [0.15, 0.2) is 5.69 Å². The summed E-state index contributed by atoms with van der Waals surface area (Å²) in [6.07, 6.45) is -4.40. The van der Waals surface area contributed by atoms with E-state index in [1.807, 2.05) is 140 Å². The third-order valence-corrected chi connectivity index (χ3v) is 19.5. The standard InChI is InChI=1S/C25H15Br2F3N2.C25H12Br2N4.C23H12Br2F2N2/c1-14-2-4-15(5-3-14)24(16-6-8-17(9-7-16)25(28,29)30)18-10-12-20(26)31-22(18)23-19(24)11-13-21(27)32-23;1-29-18-8-6-17(7-9-18)25(16-4-2-15(14-28)3-5-16)19-10-12-21(26)30-23(19)24-20(25)11-13-22(27)31-24;24-19-11-9-17-21(28-19)22-18(10-12-20(25)29-22)23(17,13-1-5-15(26)6-2-13)14-3-7-16(27)8-4-14/h2-13H,1H3;2-13H;1-12H. The summed E-state index contributed by atoms with van der Waals surface area (Å²) in [4.78, 5) is 31.9. The molecule has 19 heteroatoms. The molecule has 0 aliphatic heterocycles. The Hall–Kier alpha value is -8.27. The number of alkyl halides is 3. The molecule has 0 saturated heterocycles. The van der Waals surface area contributed by atoms with E-state index in [1.165, 1.54) is 24.3 Å². The highest BCUT2D eigenvalue weighted by molar-refractivity contribution is 9.11. The van der Waals surface area contributed by atoms with Gasteiger partial charge in [-0.25, -0.2) is 43.5 Å². The first kappa shape index (κ1) is 62.5. The number of pyridine rings is 6. The van der Waals surface area contributed by atoms with E-state index < -0.39 is 28.0 Å². The van der Waals surface area contributed by atoms with Gasteiger partial charge in [0.25, 0.3) is 0 Å². The Bertz CT molecular complexity index is 4720. The Kier molecular flexibility index (Phi) is 16.8. The van der Waals surface area contributed by atoms with Crippen molar-refractivity contribution in [2.75, 3.05) is 0 Å². The zero-order valence-corrected chi connectivity index (χ0v) is 57.0. The van der Waals surface area contributed by atoms with Crippen molar-refractivity contribution in [2.24, 2.45) is 0 Å². The Morgan fingerprint density at radius 3 is 0.848 bits per heavy atom. The molecule has 0 bridgehead atoms. The molecule has 0 unspecified atom stereocenters. The van der Waals surface area contributed by atoms with Crippen LogP contribution in [0.25, 0.3) is 39.0 Å². The molecule has 12 aromatic rings. The zero-order chi connectivity index (χ0) is 64.4. The van der Waals surface area contributed by atoms with Gasteiger partial charge in [-0.15, -0.1) is 0 Å². The number of fused-ring (bicyclic) bond motifs is 9. The van der Waals surface area contributed by atoms with Crippen LogP contribution in [0.3, 0.4) is 0 Å². The number of benzene rings is 6. The smallest absolute Gasteiger partial charge is 0.239 e. The second kappa shape index (κ2) is 24.6. The third-order valence-electron chi connectivity index (χ3n) is 16.8. The van der Waals surface area contributed by atoms with Gasteiger partial charge < -0.3 is 0 Å². The van der Waals surface area contributed by atoms with Gasteiger partial charge in [-0.05, 0) is 254 Å². The number of hydrogen-bond donors (Lipinski definition) is 0. The summed E-state index contributed by atoms with van der Waals surface area (Å²) < 4.78 is 71.6. The van der Waals surface area contributed by atoms with E-state index >= 15 is 0 Å². The minimum atomic E-state index is -4.40. The molecule has 6 aromatic carbocycles. The van der Waals surface area contributed by atoms with Gasteiger partial charge in [0.2, 0.25) is 0 Å². The van der Waals surface area contributed by atoms with Crippen LogP contribution in [0.1, 0.15) is 83.5 Å². The number of rotatable bonds is 6. The maximum absolute atomic E-state index is 13.8. The van der Waals surface area contributed by atoms with E-state index in [0.717, 1.165) is 116 Å². The van der Waals surface area contributed by atoms with Crippen LogP contribution < -0.4 is 0 Å². The maximum Gasteiger partial charge on any atom is 0.416 e. The molecule has 448 valence electrons. The van der Waals surface area contributed by atoms with Crippen molar-refractivity contribution in [1.82, 2.24) is 29.9 Å². The minimum Gasteiger partial charge on any atom is -0.239 e. The van der Waals surface area contributed by atoms with E-state index in [4.69, 9.17) is 36.5 Å². The maximum atomic E-state index is 13.8. The van der Waals surface area contributed by atoms with Crippen LogP contribution in [-0.2, 0) is 22.4 Å². The number of hydrogen-bond acceptors (Lipinski definition) is 7. The molecule has 0 fully saturated rings. The quantitative estimate of drug-likeness (QED) is 0.0927. The van der Waals surface area contributed by atoms with E-state index in [0.29, 0.717) is 41.1 Å². The first-order valence-corrected chi connectivity index (χ1v) is 32.8. The lowest BCUT2D eigenvalue weighted by atomic mass is 9.68. The van der Waals surface area contributed by atoms with Crippen molar-refractivity contribution >= 4 is 101 Å². The summed E-state index contributed by atoms with van der Waals surface area (Å²) in [6, 6.07) is 67.2. The highest BCUT2D eigenvalue weighted by Crippen LogP contribution is 2.59. The molecule has 6 heterocycles. The third kappa shape index (κ3) is 10.6. The Balaban J connectivity index is 0.000000126. The molecule has 92 heavy (non-hydrogen) atoms. The van der Waals surface area contributed by atoms with Crippen LogP contribution in [0.5, 0.6) is 0 Å². The van der Waals surface area contributed by atoms with Gasteiger partial charge in [-0.1, -0.05) is 139 Å². The average molecular weight is 1600 g/mol. The van der Waals surface area contributed by atoms with Gasteiger partial charge in [-0.3, -0.25) is 0 Å². The topological polar surface area (TPSA) is 105 Å². The first-order valence-electron chi connectivity index (χ1n) is 28.1. The molecule has 6 aromatic heterocycles. The molecule has 3 aliphatic carbocycles. The van der Waals surface area contributed by atoms with Gasteiger partial charge in [0, 0.05) is 0 Å². The fraction of sp³-hybridized carbons (Fsp3) is 0.0685. The van der Waals surface area contributed by atoms with Crippen LogP contribution in [-0.4, -0.2) is 29.9 Å². The van der Waals surface area contributed by atoms with Gasteiger partial charge >= 0.3 is 6.18 Å². The predicted molar refractivity (Wildman–Crippen MR) is 365 cm³/mol. The molecule has 0 radical (unpaired) electrons. The van der Waals surface area contributed by atoms with Crippen LogP contribution in [0.4, 0.5) is 27.6 Å². The fourth-order valence-corrected chi connectivity index (χ4v) is 14.9. The fourth-order valence-electron chi connectivity index (χ4n) is 13.0. The summed E-state index contributed by atoms with van der Waals surface area (Å²) in [5.41, 5.74) is 14.8. The van der Waals surface area contributed by atoms with Crippen molar-refractivity contribution in [1.29, 1.82) is 5.26 Å². The van der Waals surface area contributed by atoms with Crippen molar-refractivity contribution < 1.29 is 22.0 Å². The number of nitrogens with zero attached hydrogens (tertiary/aromatic N) is 8. The van der Waals surface area contributed by atoms with Gasteiger partial charge in [0.1, 0.15) is 39.3 Å². The normalized spacial score (nSPS) is 13.7. The molecule has 0 spiro atoms. The number of aryl methyl sites for hydroxylation is 1. The highest BCUT2D eigenvalue weighted by Gasteiger charge is 2.51. The van der Waals surface area contributed by atoms with Crippen LogP contribution in [0.15, 0.2) is 246 Å². The largest absolute Gasteiger partial charge is 0.416 e. The predicted octanol–water partition coefficient (Wildman–Crippen LogP) is 21.1. The van der Waals surface area contributed by atoms with Crippen molar-refractivity contribution in [2.45, 2.75) is 29.3 Å². The molecule has 15 rings (SSSR count). The Morgan fingerprint density at radius 1 is 0.359 bits per heavy atom. The second-order valence-electron chi connectivity index (χ2n) is 21.7. The van der Waals surface area contributed by atoms with Crippen molar-refractivity contribution in [3.05, 3.63) is 353 Å². The molecule has 8 nitrogen and oxygen atoms in total. The van der Waals surface area contributed by atoms with Crippen LogP contribution in [0.2, 0.25) is 0 Å². The summed E-state index contributed by atoms with van der Waals surface area (Å²) in [7, 11) is 0. The summed E-state index contributed by atoms with van der Waals surface area (Å²) in [5, 5.41) is 9.30. The molecule has 0 N–H and O–H groups in total. The Morgan fingerprint density at radius 2 is 0.598 bits per heavy atom. The van der Waals surface area contributed by atoms with Gasteiger partial charge in [-0.2, -0.15) is 18.4 Å². The van der Waals surface area contributed by atoms with Crippen LogP contribution >= 0.6 is 95.6 Å². The molecule has 0 saturated carbocycles. The van der Waals surface area contributed by atoms with E-state index in [2.05, 4.69) is 119 Å². The molecule has 0 atom stereocenters. The van der Waals surface area contributed by atoms with Crippen LogP contribution in [0, 0.1) is 36.5 Å². The monoisotopic (exact) mass is 1600 g/mol. The highest BCUT2D eigenvalue weighted by atomic mass is 79.9. The first-order chi connectivity index (χ1) is 44.3. The lowest BCUT2D eigenvalue weighted by molar-refractivity contribution is -0.137. The number of aromatic nitrogens is 6. The van der Waals surface area contributed by atoms with E-state index in [9.17, 15) is 27.2 Å². The van der Waals surface area contributed by atoms with Gasteiger partial charge in [0.05, 0.1) is 74.2 Å². The Labute approximate surface area is 575 Å². The molecule has 0 amide bonds. The molecule has 3 aliphatic rings.